The molecule has 0 saturated heterocycles. The van der Waals surface area contributed by atoms with Gasteiger partial charge in [0.15, 0.2) is 0 Å². The second kappa shape index (κ2) is 6.88. The van der Waals surface area contributed by atoms with Gasteiger partial charge < -0.3 is 4.74 Å². The lowest BCUT2D eigenvalue weighted by Gasteiger charge is -2.61. The summed E-state index contributed by atoms with van der Waals surface area (Å²) in [6, 6.07) is 0. The predicted octanol–water partition coefficient (Wildman–Crippen LogP) is 5.41. The van der Waals surface area contributed by atoms with E-state index < -0.39 is 0 Å². The first-order valence-electron chi connectivity index (χ1n) is 11.5. The third-order valence-electron chi connectivity index (χ3n) is 9.90. The van der Waals surface area contributed by atoms with Crippen LogP contribution >= 0.6 is 0 Å². The fourth-order valence-corrected chi connectivity index (χ4v) is 8.44. The minimum absolute atomic E-state index is 0.0790. The summed E-state index contributed by atoms with van der Waals surface area (Å²) in [5.74, 6) is 3.10. The molecule has 3 nitrogen and oxygen atoms in total. The number of esters is 1. The standard InChI is InChI=1S/C24H38O3/c1-5-16-17-8-6-7-12-24(17,3)19-11-13-23(2)15(14-20(25)27-4)9-10-18(23)21(19)22(16)26/h15-19,21H,5-14H2,1-4H3. The van der Waals surface area contributed by atoms with Crippen molar-refractivity contribution in [3.63, 3.8) is 0 Å². The van der Waals surface area contributed by atoms with E-state index in [9.17, 15) is 9.59 Å². The average molecular weight is 375 g/mol. The topological polar surface area (TPSA) is 43.4 Å². The molecule has 4 saturated carbocycles. The number of hydrogen-bond donors (Lipinski definition) is 0. The first-order chi connectivity index (χ1) is 12.9. The first-order valence-corrected chi connectivity index (χ1v) is 11.5. The summed E-state index contributed by atoms with van der Waals surface area (Å²) in [6.45, 7) is 7.15. The summed E-state index contributed by atoms with van der Waals surface area (Å²) in [4.78, 5) is 25.7. The monoisotopic (exact) mass is 374 g/mol. The summed E-state index contributed by atoms with van der Waals surface area (Å²) in [5.41, 5.74) is 0.500. The molecule has 0 heterocycles. The second-order valence-electron chi connectivity index (χ2n) is 10.6. The van der Waals surface area contributed by atoms with Crippen LogP contribution in [0.3, 0.4) is 0 Å². The van der Waals surface area contributed by atoms with Crippen molar-refractivity contribution < 1.29 is 14.3 Å². The van der Waals surface area contributed by atoms with E-state index in [0.29, 0.717) is 41.3 Å². The van der Waals surface area contributed by atoms with E-state index in [4.69, 9.17) is 4.74 Å². The van der Waals surface area contributed by atoms with Gasteiger partial charge in [0.25, 0.3) is 0 Å². The molecule has 0 N–H and O–H groups in total. The van der Waals surface area contributed by atoms with Crippen LogP contribution in [-0.4, -0.2) is 18.9 Å². The molecule has 3 heteroatoms. The van der Waals surface area contributed by atoms with Crippen molar-refractivity contribution >= 4 is 11.8 Å². The van der Waals surface area contributed by atoms with Crippen LogP contribution < -0.4 is 0 Å². The molecule has 8 atom stereocenters. The third-order valence-corrected chi connectivity index (χ3v) is 9.90. The van der Waals surface area contributed by atoms with Crippen LogP contribution in [0.5, 0.6) is 0 Å². The Kier molecular flexibility index (Phi) is 4.96. The summed E-state index contributed by atoms with van der Waals surface area (Å²) >= 11 is 0. The number of Topliss-reactive ketones (excluding diaryl/α,β-unsaturated/α-hetero) is 1. The Balaban J connectivity index is 1.67. The fraction of sp³-hybridized carbons (Fsp3) is 0.917. The van der Waals surface area contributed by atoms with Crippen molar-refractivity contribution in [3.8, 4) is 0 Å². The van der Waals surface area contributed by atoms with E-state index in [0.717, 1.165) is 19.3 Å². The molecule has 4 aliphatic rings. The van der Waals surface area contributed by atoms with Crippen LogP contribution in [0.2, 0.25) is 0 Å². The predicted molar refractivity (Wildman–Crippen MR) is 106 cm³/mol. The summed E-state index contributed by atoms with van der Waals surface area (Å²) in [7, 11) is 1.49. The zero-order valence-electron chi connectivity index (χ0n) is 17.8. The highest BCUT2D eigenvalue weighted by Crippen LogP contribution is 2.68. The van der Waals surface area contributed by atoms with Gasteiger partial charge in [-0.2, -0.15) is 0 Å². The molecule has 0 aliphatic heterocycles. The van der Waals surface area contributed by atoms with Crippen LogP contribution in [0.25, 0.3) is 0 Å². The highest BCUT2D eigenvalue weighted by molar-refractivity contribution is 5.86. The number of ether oxygens (including phenoxy) is 1. The number of ketones is 1. The molecule has 0 aromatic rings. The van der Waals surface area contributed by atoms with Crippen LogP contribution in [0.1, 0.15) is 85.0 Å². The summed E-state index contributed by atoms with van der Waals surface area (Å²) in [6.07, 6.45) is 11.4. The maximum Gasteiger partial charge on any atom is 0.305 e. The van der Waals surface area contributed by atoms with E-state index in [2.05, 4.69) is 20.8 Å². The van der Waals surface area contributed by atoms with Gasteiger partial charge in [0.2, 0.25) is 0 Å². The normalized spacial score (nSPS) is 49.1. The molecule has 4 aliphatic carbocycles. The molecule has 0 amide bonds. The maximum absolute atomic E-state index is 13.8. The lowest BCUT2D eigenvalue weighted by molar-refractivity contribution is -0.167. The van der Waals surface area contributed by atoms with Crippen molar-refractivity contribution in [2.75, 3.05) is 7.11 Å². The Hall–Kier alpha value is -0.860. The highest BCUT2D eigenvalue weighted by Gasteiger charge is 2.64. The van der Waals surface area contributed by atoms with Gasteiger partial charge in [-0.1, -0.05) is 33.6 Å². The van der Waals surface area contributed by atoms with Gasteiger partial charge in [-0.05, 0) is 79.4 Å². The van der Waals surface area contributed by atoms with Crippen molar-refractivity contribution in [2.24, 2.45) is 46.3 Å². The van der Waals surface area contributed by atoms with E-state index >= 15 is 0 Å². The average Bonchev–Trinajstić information content (AvgIpc) is 2.98. The first kappa shape index (κ1) is 19.5. The molecular formula is C24H38O3. The van der Waals surface area contributed by atoms with E-state index in [1.54, 1.807) is 0 Å². The minimum atomic E-state index is -0.0790. The quantitative estimate of drug-likeness (QED) is 0.620. The Morgan fingerprint density at radius 1 is 1.00 bits per heavy atom. The van der Waals surface area contributed by atoms with Crippen molar-refractivity contribution in [3.05, 3.63) is 0 Å². The van der Waals surface area contributed by atoms with Crippen LogP contribution in [0.15, 0.2) is 0 Å². The summed E-state index contributed by atoms with van der Waals surface area (Å²) in [5, 5.41) is 0. The fourth-order valence-electron chi connectivity index (χ4n) is 8.44. The molecule has 4 rings (SSSR count). The number of rotatable bonds is 3. The molecular weight excluding hydrogens is 336 g/mol. The van der Waals surface area contributed by atoms with Gasteiger partial charge in [-0.25, -0.2) is 0 Å². The van der Waals surface area contributed by atoms with Gasteiger partial charge in [0, 0.05) is 18.3 Å². The van der Waals surface area contributed by atoms with Crippen LogP contribution in [0.4, 0.5) is 0 Å². The SMILES string of the molecule is CCC1C(=O)C2C3CCC(CC(=O)OC)C3(C)CCC2C2(C)CCCCC12. The number of carbonyl (C=O) groups is 2. The van der Waals surface area contributed by atoms with Gasteiger partial charge in [0.05, 0.1) is 7.11 Å². The molecule has 0 aromatic heterocycles. The van der Waals surface area contributed by atoms with Gasteiger partial charge >= 0.3 is 5.97 Å². The highest BCUT2D eigenvalue weighted by atomic mass is 16.5. The van der Waals surface area contributed by atoms with Crippen molar-refractivity contribution in [1.29, 1.82) is 0 Å². The van der Waals surface area contributed by atoms with Crippen LogP contribution in [-0.2, 0) is 14.3 Å². The Morgan fingerprint density at radius 2 is 1.74 bits per heavy atom. The lowest BCUT2D eigenvalue weighted by Crippen LogP contribution is -2.59. The zero-order chi connectivity index (χ0) is 19.4. The second-order valence-corrected chi connectivity index (χ2v) is 10.6. The molecule has 0 bridgehead atoms. The van der Waals surface area contributed by atoms with E-state index in [1.807, 2.05) is 0 Å². The van der Waals surface area contributed by atoms with E-state index in [-0.39, 0.29) is 23.2 Å². The molecule has 0 aromatic carbocycles. The number of carbonyl (C=O) groups excluding carboxylic acids is 2. The van der Waals surface area contributed by atoms with Crippen molar-refractivity contribution in [1.82, 2.24) is 0 Å². The summed E-state index contributed by atoms with van der Waals surface area (Å²) < 4.78 is 4.98. The molecule has 0 spiro atoms. The third kappa shape index (κ3) is 2.74. The van der Waals surface area contributed by atoms with Gasteiger partial charge in [0.1, 0.15) is 5.78 Å². The minimum Gasteiger partial charge on any atom is -0.469 e. The molecule has 27 heavy (non-hydrogen) atoms. The number of methoxy groups -OCH3 is 1. The zero-order valence-corrected chi connectivity index (χ0v) is 17.8. The maximum atomic E-state index is 13.8. The smallest absolute Gasteiger partial charge is 0.305 e. The lowest BCUT2D eigenvalue weighted by atomic mass is 9.42. The molecule has 152 valence electrons. The van der Waals surface area contributed by atoms with Gasteiger partial charge in [-0.3, -0.25) is 9.59 Å². The van der Waals surface area contributed by atoms with Crippen molar-refractivity contribution in [2.45, 2.75) is 85.0 Å². The number of fused-ring (bicyclic) bond motifs is 5. The Labute approximate surface area is 165 Å². The molecule has 0 radical (unpaired) electrons. The largest absolute Gasteiger partial charge is 0.469 e. The number of hydrogen-bond acceptors (Lipinski definition) is 3. The Bertz CT molecular complexity index is 613. The Morgan fingerprint density at radius 3 is 2.44 bits per heavy atom. The van der Waals surface area contributed by atoms with Crippen LogP contribution in [0, 0.1) is 46.3 Å². The molecule has 4 fully saturated rings. The van der Waals surface area contributed by atoms with E-state index in [1.165, 1.54) is 45.6 Å². The molecule has 8 unspecified atom stereocenters. The van der Waals surface area contributed by atoms with Gasteiger partial charge in [-0.15, -0.1) is 0 Å².